The molecule has 0 atom stereocenters. The summed E-state index contributed by atoms with van der Waals surface area (Å²) < 4.78 is 23.6. The van der Waals surface area contributed by atoms with Gasteiger partial charge in [0.15, 0.2) is 9.84 Å². The van der Waals surface area contributed by atoms with Crippen LogP contribution in [0.25, 0.3) is 0 Å². The molecule has 0 unspecified atom stereocenters. The molecule has 1 heterocycles. The zero-order chi connectivity index (χ0) is 13.3. The van der Waals surface area contributed by atoms with Crippen LogP contribution in [-0.2, 0) is 15.3 Å². The van der Waals surface area contributed by atoms with Gasteiger partial charge in [-0.05, 0) is 25.5 Å². The third kappa shape index (κ3) is 2.56. The number of nitrogens with two attached hydrogens (primary N) is 1. The lowest BCUT2D eigenvalue weighted by Crippen LogP contribution is -2.17. The molecule has 0 saturated carbocycles. The number of aromatic nitrogens is 1. The van der Waals surface area contributed by atoms with Crippen LogP contribution in [0.1, 0.15) is 26.3 Å². The summed E-state index contributed by atoms with van der Waals surface area (Å²) in [6.07, 6.45) is 1.44. The van der Waals surface area contributed by atoms with E-state index in [-0.39, 0.29) is 16.5 Å². The quantitative estimate of drug-likeness (QED) is 0.874. The van der Waals surface area contributed by atoms with Gasteiger partial charge in [0.1, 0.15) is 10.7 Å². The molecule has 1 rings (SSSR count). The summed E-state index contributed by atoms with van der Waals surface area (Å²) in [6.45, 7) is 4.93. The van der Waals surface area contributed by atoms with Gasteiger partial charge in [0.05, 0.1) is 17.2 Å². The van der Waals surface area contributed by atoms with Crippen molar-refractivity contribution < 1.29 is 8.42 Å². The van der Waals surface area contributed by atoms with Crippen LogP contribution in [0.2, 0.25) is 0 Å². The predicted octanol–water partition coefficient (Wildman–Crippen LogP) is 1.26. The van der Waals surface area contributed by atoms with E-state index in [0.717, 1.165) is 0 Å². The maximum Gasteiger partial charge on any atom is 0.181 e. The van der Waals surface area contributed by atoms with E-state index in [1.165, 1.54) is 19.2 Å². The predicted molar refractivity (Wildman–Crippen MR) is 65.0 cm³/mol. The first-order valence-electron chi connectivity index (χ1n) is 5.14. The van der Waals surface area contributed by atoms with E-state index in [9.17, 15) is 8.42 Å². The van der Waals surface area contributed by atoms with E-state index < -0.39 is 15.3 Å². The molecule has 1 aromatic rings. The lowest BCUT2D eigenvalue weighted by Gasteiger charge is -2.16. The van der Waals surface area contributed by atoms with Gasteiger partial charge in [-0.2, -0.15) is 5.26 Å². The highest BCUT2D eigenvalue weighted by Crippen LogP contribution is 2.26. The molecular formula is C11H15N3O2S. The van der Waals surface area contributed by atoms with Crippen LogP contribution in [0.15, 0.2) is 17.2 Å². The van der Waals surface area contributed by atoms with Crippen molar-refractivity contribution in [1.82, 2.24) is 4.98 Å². The van der Waals surface area contributed by atoms with Gasteiger partial charge in [0.25, 0.3) is 0 Å². The van der Waals surface area contributed by atoms with Crippen LogP contribution in [-0.4, -0.2) is 19.2 Å². The lowest BCUT2D eigenvalue weighted by atomic mass is 9.88. The lowest BCUT2D eigenvalue weighted by molar-refractivity contribution is 0.596. The van der Waals surface area contributed by atoms with E-state index in [2.05, 4.69) is 11.1 Å². The number of hydrogen-bond donors (Lipinski definition) is 1. The first-order valence-corrected chi connectivity index (χ1v) is 6.80. The zero-order valence-corrected chi connectivity index (χ0v) is 10.9. The van der Waals surface area contributed by atoms with E-state index >= 15 is 0 Å². The maximum absolute atomic E-state index is 11.8. The fraction of sp³-hybridized carbons (Fsp3) is 0.455. The van der Waals surface area contributed by atoms with Crippen LogP contribution < -0.4 is 5.73 Å². The molecule has 2 N–H and O–H groups in total. The van der Waals surface area contributed by atoms with Gasteiger partial charge < -0.3 is 5.73 Å². The largest absolute Gasteiger partial charge is 0.383 e. The Morgan fingerprint density at radius 3 is 2.59 bits per heavy atom. The summed E-state index contributed by atoms with van der Waals surface area (Å²) in [7, 11) is -3.42. The maximum atomic E-state index is 11.8. The second-order valence-corrected chi connectivity index (χ2v) is 6.49. The van der Waals surface area contributed by atoms with Gasteiger partial charge in [-0.3, -0.25) is 0 Å². The van der Waals surface area contributed by atoms with E-state index in [4.69, 9.17) is 11.0 Å². The molecule has 6 heteroatoms. The van der Waals surface area contributed by atoms with Crippen LogP contribution in [0, 0.1) is 11.3 Å². The van der Waals surface area contributed by atoms with Crippen molar-refractivity contribution in [3.8, 4) is 6.07 Å². The van der Waals surface area contributed by atoms with Crippen LogP contribution in [0.5, 0.6) is 0 Å². The average Bonchev–Trinajstić information content (AvgIpc) is 2.29. The summed E-state index contributed by atoms with van der Waals surface area (Å²) in [4.78, 5) is 3.86. The Balaban J connectivity index is 3.47. The van der Waals surface area contributed by atoms with Gasteiger partial charge >= 0.3 is 0 Å². The molecule has 5 nitrogen and oxygen atoms in total. The molecule has 0 aliphatic heterocycles. The Kier molecular flexibility index (Phi) is 3.43. The fourth-order valence-corrected chi connectivity index (χ4v) is 2.25. The summed E-state index contributed by atoms with van der Waals surface area (Å²) >= 11 is 0. The number of anilines is 1. The molecular weight excluding hydrogens is 238 g/mol. The van der Waals surface area contributed by atoms with Crippen molar-refractivity contribution in [3.63, 3.8) is 0 Å². The van der Waals surface area contributed by atoms with Gasteiger partial charge in [0.2, 0.25) is 0 Å². The monoisotopic (exact) mass is 253 g/mol. The Hall–Kier alpha value is -1.61. The second kappa shape index (κ2) is 4.34. The minimum Gasteiger partial charge on any atom is -0.383 e. The summed E-state index contributed by atoms with van der Waals surface area (Å²) in [6, 6.07) is 3.53. The molecule has 0 amide bonds. The van der Waals surface area contributed by atoms with Gasteiger partial charge in [0, 0.05) is 6.20 Å². The van der Waals surface area contributed by atoms with Crippen LogP contribution in [0.4, 0.5) is 5.82 Å². The molecule has 0 spiro atoms. The summed E-state index contributed by atoms with van der Waals surface area (Å²) in [5.74, 6) is -0.0701. The topological polar surface area (TPSA) is 96.8 Å². The molecule has 0 aromatic carbocycles. The van der Waals surface area contributed by atoms with Crippen molar-refractivity contribution in [2.45, 2.75) is 31.1 Å². The third-order valence-corrected chi connectivity index (χ3v) is 4.36. The smallest absolute Gasteiger partial charge is 0.181 e. The van der Waals surface area contributed by atoms with Crippen molar-refractivity contribution in [1.29, 1.82) is 5.26 Å². The highest BCUT2D eigenvalue weighted by molar-refractivity contribution is 7.91. The molecule has 0 saturated heterocycles. The fourth-order valence-electron chi connectivity index (χ4n) is 1.27. The minimum atomic E-state index is -3.42. The number of sulfone groups is 1. The highest BCUT2D eigenvalue weighted by Gasteiger charge is 2.24. The molecule has 1 aromatic heterocycles. The van der Waals surface area contributed by atoms with Crippen molar-refractivity contribution in [2.75, 3.05) is 11.5 Å². The number of nitrogens with zero attached hydrogens (tertiary/aromatic N) is 2. The highest BCUT2D eigenvalue weighted by atomic mass is 32.2. The van der Waals surface area contributed by atoms with Crippen molar-refractivity contribution >= 4 is 15.7 Å². The number of hydrogen-bond acceptors (Lipinski definition) is 5. The number of nitriles is 1. The van der Waals surface area contributed by atoms with Gasteiger partial charge in [-0.25, -0.2) is 13.4 Å². The molecule has 0 radical (unpaired) electrons. The molecule has 0 fully saturated rings. The standard InChI is InChI=1S/C11H15N3O2S/c1-4-17(15,16)9-5-8(6-14-10(9)13)11(2,3)7-12/h5-6H,4H2,1-3H3,(H2,13,14). The van der Waals surface area contributed by atoms with Gasteiger partial charge in [-0.15, -0.1) is 0 Å². The Morgan fingerprint density at radius 1 is 1.53 bits per heavy atom. The first-order chi connectivity index (χ1) is 7.74. The van der Waals surface area contributed by atoms with Crippen LogP contribution >= 0.6 is 0 Å². The Labute approximate surface area is 101 Å². The molecule has 0 aliphatic carbocycles. The van der Waals surface area contributed by atoms with E-state index in [1.54, 1.807) is 13.8 Å². The first kappa shape index (κ1) is 13.5. The summed E-state index contributed by atoms with van der Waals surface area (Å²) in [5, 5.41) is 9.01. The molecule has 92 valence electrons. The normalized spacial score (nSPS) is 12.1. The molecule has 0 bridgehead atoms. The Morgan fingerprint density at radius 2 is 2.12 bits per heavy atom. The number of pyridine rings is 1. The van der Waals surface area contributed by atoms with Gasteiger partial charge in [-0.1, -0.05) is 6.92 Å². The van der Waals surface area contributed by atoms with Crippen molar-refractivity contribution in [3.05, 3.63) is 17.8 Å². The molecule has 0 aliphatic rings. The number of nitrogen functional groups attached to an aromatic ring is 1. The minimum absolute atomic E-state index is 0.000764. The SMILES string of the molecule is CCS(=O)(=O)c1cc(C(C)(C)C#N)cnc1N. The van der Waals surface area contributed by atoms with E-state index in [1.807, 2.05) is 0 Å². The molecule has 17 heavy (non-hydrogen) atoms. The van der Waals surface area contributed by atoms with E-state index in [0.29, 0.717) is 5.56 Å². The van der Waals surface area contributed by atoms with Crippen molar-refractivity contribution in [2.24, 2.45) is 0 Å². The number of rotatable bonds is 3. The summed E-state index contributed by atoms with van der Waals surface area (Å²) in [5.41, 5.74) is 5.31. The average molecular weight is 253 g/mol. The second-order valence-electron chi connectivity index (χ2n) is 4.25. The third-order valence-electron chi connectivity index (χ3n) is 2.60. The zero-order valence-electron chi connectivity index (χ0n) is 10.1. The Bertz CT molecular complexity index is 571. The van der Waals surface area contributed by atoms with Crippen LogP contribution in [0.3, 0.4) is 0 Å².